The maximum absolute atomic E-state index is 12.9. The highest BCUT2D eigenvalue weighted by Gasteiger charge is 2.28. The molecule has 0 spiro atoms. The molecule has 0 unspecified atom stereocenters. The van der Waals surface area contributed by atoms with Gasteiger partial charge in [0.1, 0.15) is 5.82 Å². The van der Waals surface area contributed by atoms with Crippen LogP contribution in [0.15, 0.2) is 36.7 Å². The van der Waals surface area contributed by atoms with Gasteiger partial charge in [0.2, 0.25) is 5.91 Å². The molecule has 2 aromatic rings. The Balaban J connectivity index is 2.06. The molecule has 0 bridgehead atoms. The second-order valence-electron chi connectivity index (χ2n) is 6.35. The van der Waals surface area contributed by atoms with Gasteiger partial charge in [0.05, 0.1) is 17.9 Å². The Morgan fingerprint density at radius 1 is 1.36 bits per heavy atom. The van der Waals surface area contributed by atoms with Crippen LogP contribution in [-0.4, -0.2) is 21.7 Å². The summed E-state index contributed by atoms with van der Waals surface area (Å²) in [7, 11) is 0. The normalized spacial score (nSPS) is 13.1. The zero-order chi connectivity index (χ0) is 16.3. The number of nitrogens with zero attached hydrogens (tertiary/aromatic N) is 2. The highest BCUT2D eigenvalue weighted by Crippen LogP contribution is 2.19. The van der Waals surface area contributed by atoms with E-state index >= 15 is 0 Å². The third-order valence-electron chi connectivity index (χ3n) is 3.39. The number of carbonyl (C=O) groups excluding carboxylic acids is 1. The number of nitrogens with two attached hydrogens (primary N) is 1. The molecule has 6 heteroatoms. The van der Waals surface area contributed by atoms with Gasteiger partial charge in [0, 0.05) is 18.3 Å². The number of aromatic nitrogens is 2. The summed E-state index contributed by atoms with van der Waals surface area (Å²) in [4.78, 5) is 11.5. The van der Waals surface area contributed by atoms with Crippen LogP contribution in [0, 0.1) is 11.2 Å². The summed E-state index contributed by atoms with van der Waals surface area (Å²) in [6.45, 7) is 6.35. The van der Waals surface area contributed by atoms with Crippen LogP contribution in [0.4, 0.5) is 4.39 Å². The van der Waals surface area contributed by atoms with Crippen molar-refractivity contribution in [1.82, 2.24) is 15.1 Å². The minimum atomic E-state index is -0.429. The third kappa shape index (κ3) is 3.92. The topological polar surface area (TPSA) is 72.9 Å². The van der Waals surface area contributed by atoms with E-state index in [0.717, 1.165) is 11.3 Å². The average molecular weight is 304 g/mol. The van der Waals surface area contributed by atoms with Gasteiger partial charge in [-0.05, 0) is 29.7 Å². The van der Waals surface area contributed by atoms with Gasteiger partial charge < -0.3 is 11.1 Å². The molecular formula is C16H21FN4O. The molecule has 0 radical (unpaired) electrons. The molecule has 1 aromatic heterocycles. The first-order valence-corrected chi connectivity index (χ1v) is 7.09. The first kappa shape index (κ1) is 16.2. The van der Waals surface area contributed by atoms with Crippen LogP contribution < -0.4 is 11.1 Å². The van der Waals surface area contributed by atoms with E-state index in [2.05, 4.69) is 10.4 Å². The Labute approximate surface area is 129 Å². The zero-order valence-electron chi connectivity index (χ0n) is 13.0. The molecule has 2 rings (SSSR count). The molecule has 3 N–H and O–H groups in total. The number of hydrogen-bond acceptors (Lipinski definition) is 3. The number of rotatable bonds is 5. The van der Waals surface area contributed by atoms with Gasteiger partial charge in [-0.1, -0.05) is 20.8 Å². The quantitative estimate of drug-likeness (QED) is 0.887. The van der Waals surface area contributed by atoms with Crippen molar-refractivity contribution in [1.29, 1.82) is 0 Å². The van der Waals surface area contributed by atoms with E-state index in [1.165, 1.54) is 12.1 Å². The van der Waals surface area contributed by atoms with E-state index in [9.17, 15) is 9.18 Å². The van der Waals surface area contributed by atoms with E-state index < -0.39 is 6.04 Å². The fraction of sp³-hybridized carbons (Fsp3) is 0.375. The molecule has 22 heavy (non-hydrogen) atoms. The van der Waals surface area contributed by atoms with Gasteiger partial charge in [0.25, 0.3) is 0 Å². The van der Waals surface area contributed by atoms with Crippen LogP contribution >= 0.6 is 0 Å². The molecule has 0 aliphatic carbocycles. The lowest BCUT2D eigenvalue weighted by atomic mass is 9.86. The maximum atomic E-state index is 12.9. The van der Waals surface area contributed by atoms with Crippen LogP contribution in [0.5, 0.6) is 0 Å². The number of hydrogen-bond donors (Lipinski definition) is 2. The molecule has 1 heterocycles. The predicted molar refractivity (Wildman–Crippen MR) is 82.8 cm³/mol. The lowest BCUT2D eigenvalue weighted by Gasteiger charge is -2.28. The van der Waals surface area contributed by atoms with Crippen molar-refractivity contribution in [3.8, 4) is 5.69 Å². The van der Waals surface area contributed by atoms with Crippen LogP contribution in [0.3, 0.4) is 0 Å². The molecule has 1 amide bonds. The smallest absolute Gasteiger partial charge is 0.235 e. The van der Waals surface area contributed by atoms with Gasteiger partial charge >= 0.3 is 0 Å². The van der Waals surface area contributed by atoms with Crippen LogP contribution in [0.25, 0.3) is 5.69 Å². The summed E-state index contributed by atoms with van der Waals surface area (Å²) in [6, 6.07) is 5.65. The Hall–Kier alpha value is -2.21. The molecule has 0 saturated heterocycles. The molecular weight excluding hydrogens is 283 g/mol. The Morgan fingerprint density at radius 3 is 2.55 bits per heavy atom. The first-order chi connectivity index (χ1) is 10.3. The fourth-order valence-corrected chi connectivity index (χ4v) is 2.24. The SMILES string of the molecule is CC(C)(C)[C@@H](NCc1cnn(-c2ccc(F)cc2)c1)C(N)=O. The summed E-state index contributed by atoms with van der Waals surface area (Å²) in [5.41, 5.74) is 6.86. The number of primary amides is 1. The molecule has 5 nitrogen and oxygen atoms in total. The highest BCUT2D eigenvalue weighted by molar-refractivity contribution is 5.80. The number of nitrogens with one attached hydrogen (secondary N) is 1. The molecule has 0 fully saturated rings. The van der Waals surface area contributed by atoms with Crippen molar-refractivity contribution in [2.24, 2.45) is 11.1 Å². The number of benzene rings is 1. The molecule has 0 saturated carbocycles. The van der Waals surface area contributed by atoms with Crippen LogP contribution in [-0.2, 0) is 11.3 Å². The largest absolute Gasteiger partial charge is 0.368 e. The average Bonchev–Trinajstić information content (AvgIpc) is 2.86. The summed E-state index contributed by atoms with van der Waals surface area (Å²) in [6.07, 6.45) is 3.54. The highest BCUT2D eigenvalue weighted by atomic mass is 19.1. The van der Waals surface area contributed by atoms with Crippen molar-refractivity contribution >= 4 is 5.91 Å². The Kier molecular flexibility index (Phi) is 4.61. The van der Waals surface area contributed by atoms with Crippen molar-refractivity contribution in [3.63, 3.8) is 0 Å². The summed E-state index contributed by atoms with van der Waals surface area (Å²) < 4.78 is 14.6. The minimum absolute atomic E-state index is 0.265. The minimum Gasteiger partial charge on any atom is -0.368 e. The van der Waals surface area contributed by atoms with E-state index in [1.54, 1.807) is 23.0 Å². The lowest BCUT2D eigenvalue weighted by molar-refractivity contribution is -0.122. The molecule has 0 aliphatic heterocycles. The van der Waals surface area contributed by atoms with E-state index in [1.807, 2.05) is 27.0 Å². The van der Waals surface area contributed by atoms with Crippen molar-refractivity contribution in [3.05, 3.63) is 48.0 Å². The third-order valence-corrected chi connectivity index (χ3v) is 3.39. The second kappa shape index (κ2) is 6.27. The van der Waals surface area contributed by atoms with Crippen LogP contribution in [0.1, 0.15) is 26.3 Å². The lowest BCUT2D eigenvalue weighted by Crippen LogP contribution is -2.49. The number of amides is 1. The van der Waals surface area contributed by atoms with Gasteiger partial charge in [-0.2, -0.15) is 5.10 Å². The van der Waals surface area contributed by atoms with Crippen molar-refractivity contribution in [2.45, 2.75) is 33.4 Å². The number of halogens is 1. The molecule has 1 aromatic carbocycles. The summed E-state index contributed by atoms with van der Waals surface area (Å²) in [5, 5.41) is 7.40. The van der Waals surface area contributed by atoms with Gasteiger partial charge in [-0.15, -0.1) is 0 Å². The second-order valence-corrected chi connectivity index (χ2v) is 6.35. The Bertz CT molecular complexity index is 643. The summed E-state index contributed by atoms with van der Waals surface area (Å²) >= 11 is 0. The van der Waals surface area contributed by atoms with Gasteiger partial charge in [0.15, 0.2) is 0 Å². The zero-order valence-corrected chi connectivity index (χ0v) is 13.0. The molecule has 118 valence electrons. The molecule has 0 aliphatic rings. The monoisotopic (exact) mass is 304 g/mol. The van der Waals surface area contributed by atoms with Crippen LogP contribution in [0.2, 0.25) is 0 Å². The van der Waals surface area contributed by atoms with Gasteiger partial charge in [-0.3, -0.25) is 4.79 Å². The first-order valence-electron chi connectivity index (χ1n) is 7.09. The van der Waals surface area contributed by atoms with Gasteiger partial charge in [-0.25, -0.2) is 9.07 Å². The predicted octanol–water partition coefficient (Wildman–Crippen LogP) is 2.00. The fourth-order valence-electron chi connectivity index (χ4n) is 2.24. The van der Waals surface area contributed by atoms with E-state index in [4.69, 9.17) is 5.73 Å². The molecule has 1 atom stereocenters. The van der Waals surface area contributed by atoms with Crippen molar-refractivity contribution in [2.75, 3.05) is 0 Å². The summed E-state index contributed by atoms with van der Waals surface area (Å²) in [5.74, 6) is -0.661. The van der Waals surface area contributed by atoms with E-state index in [0.29, 0.717) is 6.54 Å². The van der Waals surface area contributed by atoms with Crippen molar-refractivity contribution < 1.29 is 9.18 Å². The standard InChI is InChI=1S/C16H21FN4O/c1-16(2,3)14(15(18)22)19-8-11-9-20-21(10-11)13-6-4-12(17)5-7-13/h4-7,9-10,14,19H,8H2,1-3H3,(H2,18,22)/t14-/m0/s1. The van der Waals surface area contributed by atoms with E-state index in [-0.39, 0.29) is 17.1 Å². The Morgan fingerprint density at radius 2 is 2.00 bits per heavy atom. The maximum Gasteiger partial charge on any atom is 0.235 e. The number of carbonyl (C=O) groups is 1.